The lowest BCUT2D eigenvalue weighted by molar-refractivity contribution is 0.0766. The summed E-state index contributed by atoms with van der Waals surface area (Å²) in [6.07, 6.45) is 3.45. The van der Waals surface area contributed by atoms with Gasteiger partial charge in [0.2, 0.25) is 10.0 Å². The number of benzene rings is 2. The summed E-state index contributed by atoms with van der Waals surface area (Å²) < 4.78 is 34.0. The molecule has 4 rings (SSSR count). The first-order valence-electron chi connectivity index (χ1n) is 12.1. The van der Waals surface area contributed by atoms with Gasteiger partial charge in [-0.3, -0.25) is 4.79 Å². The molecule has 35 heavy (non-hydrogen) atoms. The van der Waals surface area contributed by atoms with Gasteiger partial charge < -0.3 is 14.5 Å². The number of nitriles is 1. The molecule has 1 unspecified atom stereocenters. The van der Waals surface area contributed by atoms with E-state index in [9.17, 15) is 13.2 Å². The summed E-state index contributed by atoms with van der Waals surface area (Å²) in [4.78, 5) is 17.5. The number of carbonyl (C=O) groups excluding carboxylic acids is 1. The van der Waals surface area contributed by atoms with Gasteiger partial charge in [-0.05, 0) is 68.7 Å². The lowest BCUT2D eigenvalue weighted by Crippen LogP contribution is -2.42. The van der Waals surface area contributed by atoms with Gasteiger partial charge in [0.15, 0.2) is 0 Å². The van der Waals surface area contributed by atoms with E-state index in [1.165, 1.54) is 17.5 Å². The Hall–Kier alpha value is -3.09. The maximum atomic E-state index is 13.5. The summed E-state index contributed by atoms with van der Waals surface area (Å²) in [7, 11) is -2.35. The van der Waals surface area contributed by atoms with E-state index < -0.39 is 10.0 Å². The molecule has 2 aliphatic rings. The monoisotopic (exact) mass is 496 g/mol. The molecule has 2 heterocycles. The van der Waals surface area contributed by atoms with Crippen molar-refractivity contribution in [2.45, 2.75) is 43.5 Å². The number of methoxy groups -OCH3 is 1. The SMILES string of the molecule is COc1ccc(C(=O)N2CCCN(c3ccc(C#N)cc3)CC2)cc1S(=O)(=O)N1CCCCC1C. The van der Waals surface area contributed by atoms with Crippen molar-refractivity contribution in [1.29, 1.82) is 5.26 Å². The molecule has 0 saturated carbocycles. The predicted octanol–water partition coefficient (Wildman–Crippen LogP) is 3.48. The van der Waals surface area contributed by atoms with E-state index in [2.05, 4.69) is 11.0 Å². The molecule has 0 radical (unpaired) electrons. The Morgan fingerprint density at radius 1 is 1.00 bits per heavy atom. The lowest BCUT2D eigenvalue weighted by Gasteiger charge is -2.32. The van der Waals surface area contributed by atoms with Crippen LogP contribution < -0.4 is 9.64 Å². The van der Waals surface area contributed by atoms with Crippen LogP contribution in [0.25, 0.3) is 0 Å². The van der Waals surface area contributed by atoms with Crippen LogP contribution in [0, 0.1) is 11.3 Å². The van der Waals surface area contributed by atoms with Gasteiger partial charge in [0.1, 0.15) is 10.6 Å². The first-order chi connectivity index (χ1) is 16.8. The summed E-state index contributed by atoms with van der Waals surface area (Å²) in [5, 5.41) is 9.02. The Bertz CT molecular complexity index is 1210. The Morgan fingerprint density at radius 3 is 2.46 bits per heavy atom. The highest BCUT2D eigenvalue weighted by Gasteiger charge is 2.34. The van der Waals surface area contributed by atoms with Crippen LogP contribution in [0.1, 0.15) is 48.5 Å². The summed E-state index contributed by atoms with van der Waals surface area (Å²) in [5.74, 6) is 0.0691. The van der Waals surface area contributed by atoms with Gasteiger partial charge in [-0.2, -0.15) is 9.57 Å². The van der Waals surface area contributed by atoms with Gasteiger partial charge in [-0.25, -0.2) is 8.42 Å². The smallest absolute Gasteiger partial charge is 0.253 e. The van der Waals surface area contributed by atoms with E-state index in [0.29, 0.717) is 37.3 Å². The molecular weight excluding hydrogens is 464 g/mol. The third kappa shape index (κ3) is 5.29. The van der Waals surface area contributed by atoms with Crippen molar-refractivity contribution < 1.29 is 17.9 Å². The zero-order chi connectivity index (χ0) is 25.0. The van der Waals surface area contributed by atoms with E-state index in [1.54, 1.807) is 29.2 Å². The van der Waals surface area contributed by atoms with Gasteiger partial charge in [-0.15, -0.1) is 0 Å². The van der Waals surface area contributed by atoms with Crippen LogP contribution in [0.5, 0.6) is 5.75 Å². The minimum atomic E-state index is -3.79. The van der Waals surface area contributed by atoms with Crippen LogP contribution in [0.15, 0.2) is 47.4 Å². The second-order valence-corrected chi connectivity index (χ2v) is 11.0. The van der Waals surface area contributed by atoms with Crippen molar-refractivity contribution in [1.82, 2.24) is 9.21 Å². The van der Waals surface area contributed by atoms with Crippen LogP contribution >= 0.6 is 0 Å². The molecule has 2 aromatic rings. The van der Waals surface area contributed by atoms with Crippen molar-refractivity contribution >= 4 is 21.6 Å². The van der Waals surface area contributed by atoms with E-state index in [1.807, 2.05) is 19.1 Å². The lowest BCUT2D eigenvalue weighted by atomic mass is 10.1. The molecule has 1 atom stereocenters. The van der Waals surface area contributed by atoms with E-state index in [4.69, 9.17) is 10.00 Å². The van der Waals surface area contributed by atoms with Crippen LogP contribution in [0.4, 0.5) is 5.69 Å². The third-order valence-electron chi connectivity index (χ3n) is 6.88. The second-order valence-electron chi connectivity index (χ2n) is 9.12. The minimum absolute atomic E-state index is 0.0497. The fourth-order valence-corrected chi connectivity index (χ4v) is 6.76. The molecule has 8 nitrogen and oxygen atoms in total. The van der Waals surface area contributed by atoms with Crippen LogP contribution in [-0.4, -0.2) is 69.4 Å². The third-order valence-corrected chi connectivity index (χ3v) is 8.92. The molecular formula is C26H32N4O4S. The highest BCUT2D eigenvalue weighted by atomic mass is 32.2. The van der Waals surface area contributed by atoms with Gasteiger partial charge >= 0.3 is 0 Å². The average molecular weight is 497 g/mol. The summed E-state index contributed by atoms with van der Waals surface area (Å²) in [5.41, 5.74) is 1.98. The van der Waals surface area contributed by atoms with E-state index in [0.717, 1.165) is 37.9 Å². The van der Waals surface area contributed by atoms with Crippen LogP contribution in [0.2, 0.25) is 0 Å². The molecule has 2 aromatic carbocycles. The zero-order valence-corrected chi connectivity index (χ0v) is 21.1. The molecule has 2 fully saturated rings. The van der Waals surface area contributed by atoms with Crippen LogP contribution in [0.3, 0.4) is 0 Å². The topological polar surface area (TPSA) is 94.0 Å². The fourth-order valence-electron chi connectivity index (χ4n) is 4.87. The minimum Gasteiger partial charge on any atom is -0.495 e. The number of hydrogen-bond acceptors (Lipinski definition) is 6. The number of carbonyl (C=O) groups is 1. The number of sulfonamides is 1. The summed E-state index contributed by atoms with van der Waals surface area (Å²) in [6, 6.07) is 14.2. The quantitative estimate of drug-likeness (QED) is 0.629. The highest BCUT2D eigenvalue weighted by Crippen LogP contribution is 2.32. The number of hydrogen-bond donors (Lipinski definition) is 0. The Morgan fingerprint density at radius 2 is 1.77 bits per heavy atom. The number of piperidine rings is 1. The zero-order valence-electron chi connectivity index (χ0n) is 20.3. The number of anilines is 1. The van der Waals surface area contributed by atoms with Gasteiger partial charge in [0.05, 0.1) is 18.7 Å². The molecule has 1 amide bonds. The Kier molecular flexibility index (Phi) is 7.63. The normalized spacial score (nSPS) is 19.6. The molecule has 2 saturated heterocycles. The predicted molar refractivity (Wildman–Crippen MR) is 134 cm³/mol. The van der Waals surface area contributed by atoms with Crippen molar-refractivity contribution in [2.75, 3.05) is 44.7 Å². The Balaban J connectivity index is 1.54. The summed E-state index contributed by atoms with van der Waals surface area (Å²) in [6.45, 7) is 4.96. The maximum absolute atomic E-state index is 13.5. The highest BCUT2D eigenvalue weighted by molar-refractivity contribution is 7.89. The second kappa shape index (κ2) is 10.7. The van der Waals surface area contributed by atoms with Crippen molar-refractivity contribution in [2.24, 2.45) is 0 Å². The maximum Gasteiger partial charge on any atom is 0.253 e. The van der Waals surface area contributed by atoms with Gasteiger partial charge in [0.25, 0.3) is 5.91 Å². The van der Waals surface area contributed by atoms with Gasteiger partial charge in [0, 0.05) is 50.0 Å². The average Bonchev–Trinajstić information content (AvgIpc) is 3.14. The number of rotatable bonds is 5. The molecule has 0 N–H and O–H groups in total. The van der Waals surface area contributed by atoms with Gasteiger partial charge in [-0.1, -0.05) is 6.42 Å². The molecule has 0 aliphatic carbocycles. The van der Waals surface area contributed by atoms with Crippen LogP contribution in [-0.2, 0) is 10.0 Å². The Labute approximate surface area is 207 Å². The molecule has 2 aliphatic heterocycles. The number of amides is 1. The first-order valence-corrected chi connectivity index (χ1v) is 13.5. The van der Waals surface area contributed by atoms with E-state index >= 15 is 0 Å². The van der Waals surface area contributed by atoms with Crippen molar-refractivity contribution in [3.8, 4) is 11.8 Å². The summed E-state index contributed by atoms with van der Waals surface area (Å²) >= 11 is 0. The van der Waals surface area contributed by atoms with Crippen molar-refractivity contribution in [3.63, 3.8) is 0 Å². The van der Waals surface area contributed by atoms with E-state index in [-0.39, 0.29) is 22.6 Å². The molecule has 9 heteroatoms. The molecule has 0 bridgehead atoms. The number of nitrogens with zero attached hydrogens (tertiary/aromatic N) is 4. The fraction of sp³-hybridized carbons (Fsp3) is 0.462. The largest absolute Gasteiger partial charge is 0.495 e. The standard InChI is InChI=1S/C26H32N4O4S/c1-20-6-3-4-15-30(20)35(32,33)25-18-22(9-12-24(25)34-2)26(31)29-14-5-13-28(16-17-29)23-10-7-21(19-27)8-11-23/h7-12,18,20H,3-6,13-17H2,1-2H3. The molecule has 0 aromatic heterocycles. The van der Waals surface area contributed by atoms with Crippen molar-refractivity contribution in [3.05, 3.63) is 53.6 Å². The molecule has 186 valence electrons. The molecule has 0 spiro atoms. The number of ether oxygens (including phenoxy) is 1. The first kappa shape index (κ1) is 25.0.